The number of para-hydroxylation sites is 1. The number of hydrogen-bond acceptors (Lipinski definition) is 4. The molecule has 0 amide bonds. The molecule has 1 heterocycles. The standard InChI is InChI=1S/C17H25NO3/c1-4-8-19-16-12(18)9-14(16)20-13-7-5-6-11-10-17(2,3)21-15(11)13/h5-7,12,14,16H,4,8-10,18H2,1-3H3. The van der Waals surface area contributed by atoms with Gasteiger partial charge in [-0.25, -0.2) is 0 Å². The zero-order valence-electron chi connectivity index (χ0n) is 13.1. The first-order valence-electron chi connectivity index (χ1n) is 7.85. The summed E-state index contributed by atoms with van der Waals surface area (Å²) in [7, 11) is 0. The summed E-state index contributed by atoms with van der Waals surface area (Å²) in [6, 6.07) is 6.19. The van der Waals surface area contributed by atoms with Gasteiger partial charge < -0.3 is 19.9 Å². The molecule has 116 valence electrons. The molecular formula is C17H25NO3. The lowest BCUT2D eigenvalue weighted by atomic mass is 9.86. The van der Waals surface area contributed by atoms with E-state index < -0.39 is 0 Å². The predicted octanol–water partition coefficient (Wildman–Crippen LogP) is 2.67. The fourth-order valence-corrected chi connectivity index (χ4v) is 3.06. The Balaban J connectivity index is 1.71. The van der Waals surface area contributed by atoms with E-state index in [2.05, 4.69) is 26.8 Å². The second kappa shape index (κ2) is 5.50. The third-order valence-corrected chi connectivity index (χ3v) is 4.14. The molecule has 1 aliphatic heterocycles. The number of nitrogens with two attached hydrogens (primary N) is 1. The van der Waals surface area contributed by atoms with E-state index in [1.165, 1.54) is 5.56 Å². The highest BCUT2D eigenvalue weighted by Crippen LogP contribution is 2.43. The summed E-state index contributed by atoms with van der Waals surface area (Å²) < 4.78 is 18.0. The van der Waals surface area contributed by atoms with Gasteiger partial charge in [-0.2, -0.15) is 0 Å². The zero-order chi connectivity index (χ0) is 15.0. The Labute approximate surface area is 126 Å². The van der Waals surface area contributed by atoms with Crippen molar-refractivity contribution in [1.29, 1.82) is 0 Å². The first-order chi connectivity index (χ1) is 10.00. The van der Waals surface area contributed by atoms with Crippen LogP contribution in [0.15, 0.2) is 18.2 Å². The highest BCUT2D eigenvalue weighted by atomic mass is 16.6. The summed E-state index contributed by atoms with van der Waals surface area (Å²) in [6.45, 7) is 7.03. The number of hydrogen-bond donors (Lipinski definition) is 1. The molecular weight excluding hydrogens is 266 g/mol. The van der Waals surface area contributed by atoms with Crippen molar-refractivity contribution in [2.45, 2.75) is 63.9 Å². The van der Waals surface area contributed by atoms with Gasteiger partial charge in [0.05, 0.1) is 0 Å². The molecule has 1 fully saturated rings. The van der Waals surface area contributed by atoms with Gasteiger partial charge in [-0.1, -0.05) is 19.1 Å². The van der Waals surface area contributed by atoms with Crippen LogP contribution in [0.5, 0.6) is 11.5 Å². The van der Waals surface area contributed by atoms with Gasteiger partial charge in [0.25, 0.3) is 0 Å². The van der Waals surface area contributed by atoms with Gasteiger partial charge in [-0.05, 0) is 26.3 Å². The summed E-state index contributed by atoms with van der Waals surface area (Å²) in [6.07, 6.45) is 2.77. The van der Waals surface area contributed by atoms with Crippen molar-refractivity contribution in [3.63, 3.8) is 0 Å². The lowest BCUT2D eigenvalue weighted by molar-refractivity contribution is -0.0988. The van der Waals surface area contributed by atoms with Crippen LogP contribution in [0.25, 0.3) is 0 Å². The molecule has 1 aliphatic carbocycles. The molecule has 1 aromatic carbocycles. The minimum atomic E-state index is -0.157. The lowest BCUT2D eigenvalue weighted by Gasteiger charge is -2.42. The Morgan fingerprint density at radius 2 is 2.19 bits per heavy atom. The third kappa shape index (κ3) is 2.87. The van der Waals surface area contributed by atoms with E-state index in [0.717, 1.165) is 37.4 Å². The fraction of sp³-hybridized carbons (Fsp3) is 0.647. The van der Waals surface area contributed by atoms with Crippen LogP contribution in [0.4, 0.5) is 0 Å². The van der Waals surface area contributed by atoms with Crippen molar-refractivity contribution in [2.24, 2.45) is 5.73 Å². The van der Waals surface area contributed by atoms with E-state index in [1.54, 1.807) is 0 Å². The monoisotopic (exact) mass is 291 g/mol. The van der Waals surface area contributed by atoms with Crippen molar-refractivity contribution >= 4 is 0 Å². The Bertz CT molecular complexity index is 515. The predicted molar refractivity (Wildman–Crippen MR) is 81.9 cm³/mol. The van der Waals surface area contributed by atoms with Gasteiger partial charge in [0.1, 0.15) is 17.8 Å². The molecule has 4 heteroatoms. The van der Waals surface area contributed by atoms with E-state index in [-0.39, 0.29) is 23.9 Å². The van der Waals surface area contributed by atoms with Gasteiger partial charge in [-0.15, -0.1) is 0 Å². The maximum absolute atomic E-state index is 6.14. The molecule has 3 rings (SSSR count). The van der Waals surface area contributed by atoms with Gasteiger partial charge in [0.2, 0.25) is 0 Å². The molecule has 0 bridgehead atoms. The summed E-state index contributed by atoms with van der Waals surface area (Å²) >= 11 is 0. The Kier molecular flexibility index (Phi) is 3.84. The molecule has 1 saturated carbocycles. The fourth-order valence-electron chi connectivity index (χ4n) is 3.06. The first-order valence-corrected chi connectivity index (χ1v) is 7.85. The van der Waals surface area contributed by atoms with Crippen molar-refractivity contribution in [2.75, 3.05) is 6.61 Å². The lowest BCUT2D eigenvalue weighted by Crippen LogP contribution is -2.59. The van der Waals surface area contributed by atoms with Gasteiger partial charge in [0, 0.05) is 31.1 Å². The van der Waals surface area contributed by atoms with Crippen LogP contribution in [-0.2, 0) is 11.2 Å². The van der Waals surface area contributed by atoms with Gasteiger partial charge in [0.15, 0.2) is 11.5 Å². The van der Waals surface area contributed by atoms with E-state index in [0.29, 0.717) is 0 Å². The molecule has 3 atom stereocenters. The third-order valence-electron chi connectivity index (χ3n) is 4.14. The highest BCUT2D eigenvalue weighted by Gasteiger charge is 2.42. The minimum absolute atomic E-state index is 0.00443. The van der Waals surface area contributed by atoms with Gasteiger partial charge >= 0.3 is 0 Å². The van der Waals surface area contributed by atoms with Crippen LogP contribution in [0.1, 0.15) is 39.2 Å². The topological polar surface area (TPSA) is 53.7 Å². The molecule has 0 spiro atoms. The van der Waals surface area contributed by atoms with Crippen LogP contribution in [0, 0.1) is 0 Å². The summed E-state index contributed by atoms with van der Waals surface area (Å²) in [4.78, 5) is 0. The largest absolute Gasteiger partial charge is 0.484 e. The van der Waals surface area contributed by atoms with Crippen molar-refractivity contribution in [1.82, 2.24) is 0 Å². The van der Waals surface area contributed by atoms with Crippen molar-refractivity contribution < 1.29 is 14.2 Å². The quantitative estimate of drug-likeness (QED) is 0.906. The SMILES string of the molecule is CCCOC1C(N)CC1Oc1cccc2c1OC(C)(C)C2. The Morgan fingerprint density at radius 3 is 2.90 bits per heavy atom. The Hall–Kier alpha value is -1.26. The van der Waals surface area contributed by atoms with Crippen molar-refractivity contribution in [3.05, 3.63) is 23.8 Å². The molecule has 21 heavy (non-hydrogen) atoms. The van der Waals surface area contributed by atoms with Crippen LogP contribution < -0.4 is 15.2 Å². The molecule has 1 aromatic rings. The molecule has 2 aliphatic rings. The van der Waals surface area contributed by atoms with E-state index in [1.807, 2.05) is 12.1 Å². The van der Waals surface area contributed by atoms with Crippen LogP contribution >= 0.6 is 0 Å². The van der Waals surface area contributed by atoms with E-state index >= 15 is 0 Å². The molecule has 0 saturated heterocycles. The maximum Gasteiger partial charge on any atom is 0.165 e. The number of rotatable bonds is 5. The van der Waals surface area contributed by atoms with Crippen LogP contribution in [-0.4, -0.2) is 30.5 Å². The summed E-state index contributed by atoms with van der Waals surface area (Å²) in [5.41, 5.74) is 7.09. The normalized spacial score (nSPS) is 29.4. The van der Waals surface area contributed by atoms with E-state index in [4.69, 9.17) is 19.9 Å². The first kappa shape index (κ1) is 14.7. The maximum atomic E-state index is 6.14. The molecule has 0 radical (unpaired) electrons. The van der Waals surface area contributed by atoms with Crippen molar-refractivity contribution in [3.8, 4) is 11.5 Å². The molecule has 3 unspecified atom stereocenters. The summed E-state index contributed by atoms with van der Waals surface area (Å²) in [5, 5.41) is 0. The number of fused-ring (bicyclic) bond motifs is 1. The highest BCUT2D eigenvalue weighted by molar-refractivity contribution is 5.50. The molecule has 0 aromatic heterocycles. The van der Waals surface area contributed by atoms with Crippen LogP contribution in [0.3, 0.4) is 0 Å². The van der Waals surface area contributed by atoms with Gasteiger partial charge in [-0.3, -0.25) is 0 Å². The average molecular weight is 291 g/mol. The molecule has 2 N–H and O–H groups in total. The summed E-state index contributed by atoms with van der Waals surface area (Å²) in [5.74, 6) is 1.71. The number of benzene rings is 1. The average Bonchev–Trinajstić information content (AvgIpc) is 2.73. The second-order valence-corrected chi connectivity index (χ2v) is 6.67. The second-order valence-electron chi connectivity index (χ2n) is 6.67. The van der Waals surface area contributed by atoms with E-state index in [9.17, 15) is 0 Å². The molecule has 4 nitrogen and oxygen atoms in total. The van der Waals surface area contributed by atoms with Crippen LogP contribution in [0.2, 0.25) is 0 Å². The minimum Gasteiger partial charge on any atom is -0.484 e. The smallest absolute Gasteiger partial charge is 0.165 e. The number of ether oxygens (including phenoxy) is 3. The zero-order valence-corrected chi connectivity index (χ0v) is 13.1. The Morgan fingerprint density at radius 1 is 1.38 bits per heavy atom.